The molecule has 5 nitrogen and oxygen atoms in total. The summed E-state index contributed by atoms with van der Waals surface area (Å²) in [6.07, 6.45) is 3.27. The molecule has 0 aliphatic carbocycles. The maximum atomic E-state index is 12.0. The Balaban J connectivity index is 1.66. The Morgan fingerprint density at radius 3 is 2.73 bits per heavy atom. The minimum absolute atomic E-state index is 0.132. The number of hydrogen-bond donors (Lipinski definition) is 1. The summed E-state index contributed by atoms with van der Waals surface area (Å²) in [5.41, 5.74) is 0.523. The molecule has 0 unspecified atom stereocenters. The van der Waals surface area contributed by atoms with E-state index >= 15 is 0 Å². The van der Waals surface area contributed by atoms with Crippen LogP contribution in [0.25, 0.3) is 0 Å². The van der Waals surface area contributed by atoms with Gasteiger partial charge in [-0.1, -0.05) is 11.6 Å². The van der Waals surface area contributed by atoms with Gasteiger partial charge in [-0.2, -0.15) is 0 Å². The van der Waals surface area contributed by atoms with Crippen LogP contribution in [0.3, 0.4) is 0 Å². The van der Waals surface area contributed by atoms with Gasteiger partial charge in [-0.3, -0.25) is 4.79 Å². The number of benzene rings is 1. The minimum Gasteiger partial charge on any atom is -0.490 e. The van der Waals surface area contributed by atoms with Crippen molar-refractivity contribution < 1.29 is 18.7 Å². The van der Waals surface area contributed by atoms with E-state index in [1.807, 2.05) is 6.07 Å². The lowest BCUT2D eigenvalue weighted by molar-refractivity contribution is -0.116. The SMILES string of the molecule is O=C(CCc1ccco1)Nc1cc2c(cc1Cl)OCCCO2. The van der Waals surface area contributed by atoms with Gasteiger partial charge >= 0.3 is 0 Å². The summed E-state index contributed by atoms with van der Waals surface area (Å²) in [5.74, 6) is 1.85. The Morgan fingerprint density at radius 1 is 1.23 bits per heavy atom. The second-order valence-electron chi connectivity index (χ2n) is 4.96. The maximum Gasteiger partial charge on any atom is 0.224 e. The van der Waals surface area contributed by atoms with Crippen LogP contribution in [-0.4, -0.2) is 19.1 Å². The Bertz CT molecular complexity index is 654. The summed E-state index contributed by atoms with van der Waals surface area (Å²) in [7, 11) is 0. The molecule has 0 spiro atoms. The predicted molar refractivity (Wildman–Crippen MR) is 82.7 cm³/mol. The van der Waals surface area contributed by atoms with E-state index < -0.39 is 0 Å². The zero-order valence-electron chi connectivity index (χ0n) is 11.9. The Hall–Kier alpha value is -2.14. The molecule has 22 heavy (non-hydrogen) atoms. The van der Waals surface area contributed by atoms with E-state index in [-0.39, 0.29) is 5.91 Å². The molecule has 2 aromatic rings. The second-order valence-corrected chi connectivity index (χ2v) is 5.36. The molecule has 0 fully saturated rings. The van der Waals surface area contributed by atoms with Crippen molar-refractivity contribution in [2.45, 2.75) is 19.3 Å². The maximum absolute atomic E-state index is 12.0. The van der Waals surface area contributed by atoms with Crippen LogP contribution in [-0.2, 0) is 11.2 Å². The predicted octanol–water partition coefficient (Wildman–Crippen LogP) is 3.67. The molecule has 6 heteroatoms. The monoisotopic (exact) mass is 321 g/mol. The molecule has 1 aromatic heterocycles. The molecule has 2 heterocycles. The van der Waals surface area contributed by atoms with Crippen molar-refractivity contribution >= 4 is 23.2 Å². The smallest absolute Gasteiger partial charge is 0.224 e. The van der Waals surface area contributed by atoms with Crippen LogP contribution >= 0.6 is 11.6 Å². The van der Waals surface area contributed by atoms with E-state index in [9.17, 15) is 4.79 Å². The van der Waals surface area contributed by atoms with Crippen LogP contribution in [0.15, 0.2) is 34.9 Å². The molecule has 0 saturated heterocycles. The number of hydrogen-bond acceptors (Lipinski definition) is 4. The number of carbonyl (C=O) groups is 1. The van der Waals surface area contributed by atoms with Crippen molar-refractivity contribution in [2.24, 2.45) is 0 Å². The number of ether oxygens (including phenoxy) is 2. The summed E-state index contributed by atoms with van der Waals surface area (Å²) < 4.78 is 16.3. The number of aryl methyl sites for hydroxylation is 1. The van der Waals surface area contributed by atoms with Gasteiger partial charge in [0, 0.05) is 31.4 Å². The molecule has 1 N–H and O–H groups in total. The number of rotatable bonds is 4. The molecule has 0 bridgehead atoms. The van der Waals surface area contributed by atoms with E-state index in [0.717, 1.165) is 12.2 Å². The first-order chi connectivity index (χ1) is 10.7. The molecule has 1 aromatic carbocycles. The molecule has 0 saturated carbocycles. The van der Waals surface area contributed by atoms with Gasteiger partial charge in [-0.05, 0) is 12.1 Å². The average Bonchev–Trinajstić information content (AvgIpc) is 2.92. The van der Waals surface area contributed by atoms with Crippen LogP contribution < -0.4 is 14.8 Å². The molecule has 0 atom stereocenters. The van der Waals surface area contributed by atoms with Gasteiger partial charge < -0.3 is 19.2 Å². The lowest BCUT2D eigenvalue weighted by Crippen LogP contribution is -2.12. The fourth-order valence-corrected chi connectivity index (χ4v) is 2.38. The molecular weight excluding hydrogens is 306 g/mol. The molecule has 1 amide bonds. The van der Waals surface area contributed by atoms with Gasteiger partial charge in [-0.25, -0.2) is 0 Å². The zero-order valence-corrected chi connectivity index (χ0v) is 12.7. The van der Waals surface area contributed by atoms with Gasteiger partial charge in [0.1, 0.15) is 5.76 Å². The summed E-state index contributed by atoms with van der Waals surface area (Å²) >= 11 is 6.19. The molecule has 3 rings (SSSR count). The highest BCUT2D eigenvalue weighted by atomic mass is 35.5. The Kier molecular flexibility index (Phi) is 4.53. The first kappa shape index (κ1) is 14.8. The minimum atomic E-state index is -0.132. The van der Waals surface area contributed by atoms with Crippen LogP contribution in [0, 0.1) is 0 Å². The van der Waals surface area contributed by atoms with Crippen molar-refractivity contribution in [1.82, 2.24) is 0 Å². The van der Waals surface area contributed by atoms with Crippen LogP contribution in [0.1, 0.15) is 18.6 Å². The average molecular weight is 322 g/mol. The third-order valence-corrected chi connectivity index (χ3v) is 3.60. The number of nitrogens with one attached hydrogen (secondary N) is 1. The zero-order chi connectivity index (χ0) is 15.4. The first-order valence-corrected chi connectivity index (χ1v) is 7.51. The van der Waals surface area contributed by atoms with Gasteiger partial charge in [0.15, 0.2) is 11.5 Å². The highest BCUT2D eigenvalue weighted by molar-refractivity contribution is 6.34. The molecule has 0 radical (unpaired) electrons. The molecule has 1 aliphatic rings. The fourth-order valence-electron chi connectivity index (χ4n) is 2.18. The first-order valence-electron chi connectivity index (χ1n) is 7.14. The topological polar surface area (TPSA) is 60.7 Å². The number of amides is 1. The fraction of sp³-hybridized carbons (Fsp3) is 0.312. The Labute approximate surface area is 133 Å². The summed E-state index contributed by atoms with van der Waals surface area (Å²) in [5, 5.41) is 3.22. The third kappa shape index (κ3) is 3.54. The van der Waals surface area contributed by atoms with Crippen molar-refractivity contribution in [2.75, 3.05) is 18.5 Å². The number of carbonyl (C=O) groups excluding carboxylic acids is 1. The normalized spacial score (nSPS) is 13.5. The van der Waals surface area contributed by atoms with Gasteiger partial charge in [0.2, 0.25) is 5.91 Å². The highest BCUT2D eigenvalue weighted by Gasteiger charge is 2.15. The number of halogens is 1. The largest absolute Gasteiger partial charge is 0.490 e. The van der Waals surface area contributed by atoms with E-state index in [2.05, 4.69) is 5.32 Å². The van der Waals surface area contributed by atoms with Gasteiger partial charge in [0.25, 0.3) is 0 Å². The number of furan rings is 1. The van der Waals surface area contributed by atoms with Crippen molar-refractivity contribution in [1.29, 1.82) is 0 Å². The lowest BCUT2D eigenvalue weighted by Gasteiger charge is -2.12. The standard InChI is InChI=1S/C16H16ClNO4/c17-12-9-14-15(22-8-2-7-21-14)10-13(12)18-16(19)5-4-11-3-1-6-20-11/h1,3,6,9-10H,2,4-5,7-8H2,(H,18,19). The van der Waals surface area contributed by atoms with Crippen molar-refractivity contribution in [3.05, 3.63) is 41.3 Å². The summed E-state index contributed by atoms with van der Waals surface area (Å²) in [6.45, 7) is 1.18. The van der Waals surface area contributed by atoms with Crippen LogP contribution in [0.2, 0.25) is 5.02 Å². The van der Waals surface area contributed by atoms with E-state index in [0.29, 0.717) is 48.3 Å². The summed E-state index contributed by atoms with van der Waals surface area (Å²) in [6, 6.07) is 7.01. The Morgan fingerprint density at radius 2 is 2.00 bits per heavy atom. The van der Waals surface area contributed by atoms with E-state index in [1.54, 1.807) is 24.5 Å². The number of fused-ring (bicyclic) bond motifs is 1. The molecular formula is C16H16ClNO4. The van der Waals surface area contributed by atoms with E-state index in [1.165, 1.54) is 0 Å². The third-order valence-electron chi connectivity index (χ3n) is 3.29. The molecule has 116 valence electrons. The van der Waals surface area contributed by atoms with E-state index in [4.69, 9.17) is 25.5 Å². The highest BCUT2D eigenvalue weighted by Crippen LogP contribution is 2.37. The summed E-state index contributed by atoms with van der Waals surface area (Å²) in [4.78, 5) is 12.0. The lowest BCUT2D eigenvalue weighted by atomic mass is 10.2. The quantitative estimate of drug-likeness (QED) is 0.933. The van der Waals surface area contributed by atoms with Crippen molar-refractivity contribution in [3.8, 4) is 11.5 Å². The molecule has 1 aliphatic heterocycles. The van der Waals surface area contributed by atoms with Crippen molar-refractivity contribution in [3.63, 3.8) is 0 Å². The van der Waals surface area contributed by atoms with Crippen LogP contribution in [0.4, 0.5) is 5.69 Å². The van der Waals surface area contributed by atoms with Crippen LogP contribution in [0.5, 0.6) is 11.5 Å². The second kappa shape index (κ2) is 6.75. The van der Waals surface area contributed by atoms with Gasteiger partial charge in [0.05, 0.1) is 30.2 Å². The number of anilines is 1. The van der Waals surface area contributed by atoms with Gasteiger partial charge in [-0.15, -0.1) is 0 Å².